The molecule has 2 aromatic heterocycles. The van der Waals surface area contributed by atoms with Crippen molar-refractivity contribution in [3.63, 3.8) is 0 Å². The highest BCUT2D eigenvalue weighted by atomic mass is 35.5. The van der Waals surface area contributed by atoms with Gasteiger partial charge >= 0.3 is 0 Å². The maximum absolute atomic E-state index is 5.82. The molecule has 0 bridgehead atoms. The van der Waals surface area contributed by atoms with Crippen LogP contribution in [0.25, 0.3) is 5.52 Å². The van der Waals surface area contributed by atoms with Crippen molar-refractivity contribution in [2.45, 2.75) is 39.2 Å². The number of aromatic nitrogens is 3. The summed E-state index contributed by atoms with van der Waals surface area (Å²) in [7, 11) is 0. The first kappa shape index (κ1) is 13.1. The van der Waals surface area contributed by atoms with Crippen molar-refractivity contribution in [1.29, 1.82) is 0 Å². The molecule has 2 heterocycles. The van der Waals surface area contributed by atoms with Crippen molar-refractivity contribution >= 4 is 22.9 Å². The molecule has 1 N–H and O–H groups in total. The summed E-state index contributed by atoms with van der Waals surface area (Å²) in [6, 6.07) is 2.26. The smallest absolute Gasteiger partial charge is 0.152 e. The fourth-order valence-electron chi connectivity index (χ4n) is 1.67. The van der Waals surface area contributed by atoms with E-state index in [0.29, 0.717) is 5.88 Å². The van der Waals surface area contributed by atoms with Crippen LogP contribution in [0, 0.1) is 0 Å². The predicted octanol–water partition coefficient (Wildman–Crippen LogP) is 3.07. The molecule has 2 aromatic rings. The van der Waals surface area contributed by atoms with Crippen LogP contribution in [0.2, 0.25) is 0 Å². The Morgan fingerprint density at radius 3 is 2.78 bits per heavy atom. The van der Waals surface area contributed by atoms with Gasteiger partial charge in [0.15, 0.2) is 5.82 Å². The van der Waals surface area contributed by atoms with Gasteiger partial charge in [0, 0.05) is 29.7 Å². The average Bonchev–Trinajstić information content (AvgIpc) is 2.73. The Labute approximate surface area is 112 Å². The summed E-state index contributed by atoms with van der Waals surface area (Å²) in [5.74, 6) is 1.37. The lowest BCUT2D eigenvalue weighted by molar-refractivity contribution is 0.562. The van der Waals surface area contributed by atoms with Gasteiger partial charge < -0.3 is 5.32 Å². The van der Waals surface area contributed by atoms with Crippen LogP contribution in [-0.4, -0.2) is 26.5 Å². The summed E-state index contributed by atoms with van der Waals surface area (Å²) in [6.45, 7) is 8.48. The Kier molecular flexibility index (Phi) is 3.48. The topological polar surface area (TPSA) is 42.2 Å². The Balaban J connectivity index is 2.46. The number of nitrogens with zero attached hydrogens (tertiary/aromatic N) is 3. The monoisotopic (exact) mass is 266 g/mol. The molecule has 0 aromatic carbocycles. The molecule has 1 unspecified atom stereocenters. The molecule has 0 radical (unpaired) electrons. The van der Waals surface area contributed by atoms with Gasteiger partial charge in [0.05, 0.1) is 5.69 Å². The van der Waals surface area contributed by atoms with E-state index >= 15 is 0 Å². The summed E-state index contributed by atoms with van der Waals surface area (Å²) in [4.78, 5) is 4.36. The first-order valence-electron chi connectivity index (χ1n) is 6.09. The summed E-state index contributed by atoms with van der Waals surface area (Å²) in [6.07, 6.45) is 3.61. The number of fused-ring (bicyclic) bond motifs is 1. The standard InChI is InChI=1S/C13H19ClN4/c1-9(8-14)16-12-10-7-11(13(2,3)4)17-18(10)6-5-15-12/h5-7,9H,8H2,1-4H3,(H,15,16). The van der Waals surface area contributed by atoms with Crippen molar-refractivity contribution in [2.75, 3.05) is 11.2 Å². The van der Waals surface area contributed by atoms with E-state index in [1.165, 1.54) is 0 Å². The Bertz CT molecular complexity index is 541. The molecule has 0 saturated heterocycles. The van der Waals surface area contributed by atoms with Crippen molar-refractivity contribution in [1.82, 2.24) is 14.6 Å². The molecule has 98 valence electrons. The van der Waals surface area contributed by atoms with Gasteiger partial charge in [0.2, 0.25) is 0 Å². The lowest BCUT2D eigenvalue weighted by Crippen LogP contribution is -2.17. The molecule has 0 saturated carbocycles. The Morgan fingerprint density at radius 2 is 2.17 bits per heavy atom. The van der Waals surface area contributed by atoms with Crippen LogP contribution in [-0.2, 0) is 5.41 Å². The van der Waals surface area contributed by atoms with E-state index in [0.717, 1.165) is 17.0 Å². The summed E-state index contributed by atoms with van der Waals surface area (Å²) in [5.41, 5.74) is 2.07. The van der Waals surface area contributed by atoms with Gasteiger partial charge in [-0.25, -0.2) is 9.50 Å². The third kappa shape index (κ3) is 2.58. The van der Waals surface area contributed by atoms with E-state index in [1.54, 1.807) is 6.20 Å². The molecule has 0 fully saturated rings. The highest BCUT2D eigenvalue weighted by Crippen LogP contribution is 2.24. The zero-order valence-corrected chi connectivity index (χ0v) is 12.0. The molecule has 0 amide bonds. The highest BCUT2D eigenvalue weighted by Gasteiger charge is 2.19. The van der Waals surface area contributed by atoms with Crippen LogP contribution in [0.3, 0.4) is 0 Å². The molecular weight excluding hydrogens is 248 g/mol. The minimum Gasteiger partial charge on any atom is -0.365 e. The van der Waals surface area contributed by atoms with Crippen LogP contribution in [0.5, 0.6) is 0 Å². The SMILES string of the molecule is CC(CCl)Nc1nccn2nc(C(C)(C)C)cc12. The first-order chi connectivity index (χ1) is 8.41. The molecule has 0 aliphatic carbocycles. The lowest BCUT2D eigenvalue weighted by Gasteiger charge is -2.13. The van der Waals surface area contributed by atoms with E-state index in [1.807, 2.05) is 17.6 Å². The minimum atomic E-state index is 0.0292. The van der Waals surface area contributed by atoms with Gasteiger partial charge in [-0.1, -0.05) is 20.8 Å². The maximum atomic E-state index is 5.82. The Morgan fingerprint density at radius 1 is 1.44 bits per heavy atom. The van der Waals surface area contributed by atoms with Gasteiger partial charge in [0.1, 0.15) is 5.52 Å². The number of hydrogen-bond donors (Lipinski definition) is 1. The first-order valence-corrected chi connectivity index (χ1v) is 6.62. The number of nitrogens with one attached hydrogen (secondary N) is 1. The van der Waals surface area contributed by atoms with Crippen molar-refractivity contribution < 1.29 is 0 Å². The second kappa shape index (κ2) is 4.76. The second-order valence-electron chi connectivity index (χ2n) is 5.58. The number of anilines is 1. The molecule has 5 heteroatoms. The molecule has 1 atom stereocenters. The molecule has 4 nitrogen and oxygen atoms in total. The molecule has 0 spiro atoms. The minimum absolute atomic E-state index is 0.0292. The fraction of sp³-hybridized carbons (Fsp3) is 0.538. The zero-order chi connectivity index (χ0) is 13.3. The molecular formula is C13H19ClN4. The molecule has 2 rings (SSSR count). The largest absolute Gasteiger partial charge is 0.365 e. The van der Waals surface area contributed by atoms with E-state index in [4.69, 9.17) is 11.6 Å². The Hall–Kier alpha value is -1.29. The normalized spacial score (nSPS) is 13.8. The molecule has 0 aliphatic heterocycles. The third-order valence-corrected chi connectivity index (χ3v) is 3.24. The van der Waals surface area contributed by atoms with E-state index in [-0.39, 0.29) is 11.5 Å². The predicted molar refractivity (Wildman–Crippen MR) is 75.5 cm³/mol. The second-order valence-corrected chi connectivity index (χ2v) is 5.89. The maximum Gasteiger partial charge on any atom is 0.152 e. The number of hydrogen-bond acceptors (Lipinski definition) is 3. The van der Waals surface area contributed by atoms with Crippen LogP contribution in [0.1, 0.15) is 33.4 Å². The van der Waals surface area contributed by atoms with Gasteiger partial charge in [-0.05, 0) is 13.0 Å². The van der Waals surface area contributed by atoms with Crippen LogP contribution in [0.4, 0.5) is 5.82 Å². The summed E-state index contributed by atoms with van der Waals surface area (Å²) >= 11 is 5.82. The van der Waals surface area contributed by atoms with Gasteiger partial charge in [-0.3, -0.25) is 0 Å². The summed E-state index contributed by atoms with van der Waals surface area (Å²) in [5, 5.41) is 7.88. The quantitative estimate of drug-likeness (QED) is 0.869. The van der Waals surface area contributed by atoms with E-state index < -0.39 is 0 Å². The van der Waals surface area contributed by atoms with Crippen molar-refractivity contribution in [3.8, 4) is 0 Å². The van der Waals surface area contributed by atoms with E-state index in [2.05, 4.69) is 42.2 Å². The van der Waals surface area contributed by atoms with Crippen molar-refractivity contribution in [3.05, 3.63) is 24.2 Å². The molecule has 0 aliphatic rings. The number of alkyl halides is 1. The fourth-order valence-corrected chi connectivity index (χ4v) is 1.75. The van der Waals surface area contributed by atoms with Crippen molar-refractivity contribution in [2.24, 2.45) is 0 Å². The molecule has 18 heavy (non-hydrogen) atoms. The lowest BCUT2D eigenvalue weighted by atomic mass is 9.92. The third-order valence-electron chi connectivity index (χ3n) is 2.77. The highest BCUT2D eigenvalue weighted by molar-refractivity contribution is 6.18. The number of rotatable bonds is 3. The average molecular weight is 267 g/mol. The van der Waals surface area contributed by atoms with Crippen LogP contribution >= 0.6 is 11.6 Å². The summed E-state index contributed by atoms with van der Waals surface area (Å²) < 4.78 is 1.86. The van der Waals surface area contributed by atoms with Gasteiger partial charge in [-0.2, -0.15) is 5.10 Å². The van der Waals surface area contributed by atoms with Crippen LogP contribution in [0.15, 0.2) is 18.5 Å². The van der Waals surface area contributed by atoms with Crippen LogP contribution < -0.4 is 5.32 Å². The van der Waals surface area contributed by atoms with Gasteiger partial charge in [0.25, 0.3) is 0 Å². The van der Waals surface area contributed by atoms with Gasteiger partial charge in [-0.15, -0.1) is 11.6 Å². The van der Waals surface area contributed by atoms with E-state index in [9.17, 15) is 0 Å². The number of halogens is 1. The zero-order valence-electron chi connectivity index (χ0n) is 11.2.